The normalized spacial score (nSPS) is 18.3. The number of carboxylic acid groups (broad SMARTS) is 2. The van der Waals surface area contributed by atoms with Gasteiger partial charge in [-0.2, -0.15) is 0 Å². The van der Waals surface area contributed by atoms with Crippen molar-refractivity contribution >= 4 is 6.16 Å². The third-order valence-corrected chi connectivity index (χ3v) is 0.500. The maximum atomic E-state index is 8.56. The molecular weight excluding hydrogens is 140 g/mol. The van der Waals surface area contributed by atoms with Gasteiger partial charge >= 0.3 is 6.16 Å². The van der Waals surface area contributed by atoms with Crippen molar-refractivity contribution in [3.8, 4) is 0 Å². The highest BCUT2D eigenvalue weighted by Gasteiger charge is 2.13. The molecule has 0 saturated carbocycles. The Labute approximate surface area is 59.0 Å². The summed E-state index contributed by atoms with van der Waals surface area (Å²) in [5, 5.41) is 13.9. The minimum absolute atomic E-state index is 0. The average Bonchev–Trinajstić information content (AvgIpc) is 2.19. The van der Waals surface area contributed by atoms with Crippen molar-refractivity contribution in [3.05, 3.63) is 0 Å². The number of epoxide rings is 1. The fraction of sp³-hybridized carbons (Fsp3) is 0.750. The minimum atomic E-state index is -1.83. The van der Waals surface area contributed by atoms with Crippen LogP contribution in [0.3, 0.4) is 0 Å². The van der Waals surface area contributed by atoms with Crippen molar-refractivity contribution in [2.24, 2.45) is 0 Å². The summed E-state index contributed by atoms with van der Waals surface area (Å²) in [7, 11) is 0. The predicted molar refractivity (Wildman–Crippen MR) is 36.1 cm³/mol. The van der Waals surface area contributed by atoms with E-state index in [1.54, 1.807) is 0 Å². The van der Waals surface area contributed by atoms with Gasteiger partial charge in [-0.1, -0.05) is 0 Å². The first-order chi connectivity index (χ1) is 3.63. The molecular formula is C4H14N2O4. The summed E-state index contributed by atoms with van der Waals surface area (Å²) >= 11 is 0. The van der Waals surface area contributed by atoms with Crippen molar-refractivity contribution in [1.29, 1.82) is 0 Å². The number of hydrogen-bond donors (Lipinski definition) is 4. The molecule has 0 aliphatic carbocycles. The monoisotopic (exact) mass is 154 g/mol. The second-order valence-corrected chi connectivity index (χ2v) is 1.43. The molecule has 10 heavy (non-hydrogen) atoms. The average molecular weight is 154 g/mol. The first-order valence-corrected chi connectivity index (χ1v) is 2.16. The van der Waals surface area contributed by atoms with Crippen molar-refractivity contribution in [3.63, 3.8) is 0 Å². The molecule has 6 nitrogen and oxygen atoms in total. The van der Waals surface area contributed by atoms with Gasteiger partial charge in [0, 0.05) is 0 Å². The molecule has 1 heterocycles. The van der Waals surface area contributed by atoms with Gasteiger partial charge in [0.2, 0.25) is 0 Å². The van der Waals surface area contributed by atoms with Gasteiger partial charge in [-0.3, -0.25) is 0 Å². The zero-order valence-electron chi connectivity index (χ0n) is 5.91. The molecule has 8 N–H and O–H groups in total. The lowest BCUT2D eigenvalue weighted by Crippen LogP contribution is -1.81. The van der Waals surface area contributed by atoms with Gasteiger partial charge in [0.1, 0.15) is 0 Å². The molecule has 6 heteroatoms. The smallest absolute Gasteiger partial charge is 0.450 e. The Morgan fingerprint density at radius 1 is 1.50 bits per heavy atom. The van der Waals surface area contributed by atoms with Crippen molar-refractivity contribution in [2.75, 3.05) is 6.61 Å². The highest BCUT2D eigenvalue weighted by molar-refractivity contribution is 5.53. The molecule has 0 spiro atoms. The maximum absolute atomic E-state index is 8.56. The van der Waals surface area contributed by atoms with Gasteiger partial charge in [-0.25, -0.2) is 4.79 Å². The Balaban J connectivity index is -0.0000000817. The van der Waals surface area contributed by atoms with Crippen LogP contribution in [0.4, 0.5) is 4.79 Å². The topological polar surface area (TPSA) is 140 Å². The van der Waals surface area contributed by atoms with Crippen molar-refractivity contribution in [1.82, 2.24) is 12.3 Å². The van der Waals surface area contributed by atoms with E-state index in [2.05, 4.69) is 6.92 Å². The number of rotatable bonds is 0. The summed E-state index contributed by atoms with van der Waals surface area (Å²) in [6.07, 6.45) is -1.25. The molecule has 0 aromatic rings. The Hall–Kier alpha value is -0.850. The van der Waals surface area contributed by atoms with Gasteiger partial charge in [-0.05, 0) is 6.92 Å². The van der Waals surface area contributed by atoms with Crippen LogP contribution in [0.5, 0.6) is 0 Å². The Morgan fingerprint density at radius 2 is 1.60 bits per heavy atom. The first-order valence-electron chi connectivity index (χ1n) is 2.16. The van der Waals surface area contributed by atoms with E-state index in [9.17, 15) is 0 Å². The quantitative estimate of drug-likeness (QED) is 0.383. The standard InChI is InChI=1S/C3H6O.CH2O3.2H3N/c1-3-2-4-3;2-1(3)4;;/h3H,2H2,1H3;(H2,2,3,4);2*1H3. The van der Waals surface area contributed by atoms with Crippen molar-refractivity contribution < 1.29 is 19.7 Å². The highest BCUT2D eigenvalue weighted by atomic mass is 16.6. The number of ether oxygens (including phenoxy) is 1. The van der Waals surface area contributed by atoms with Gasteiger partial charge in [0.25, 0.3) is 0 Å². The zero-order valence-corrected chi connectivity index (χ0v) is 5.91. The van der Waals surface area contributed by atoms with Gasteiger partial charge in [0.15, 0.2) is 0 Å². The molecule has 1 saturated heterocycles. The zero-order chi connectivity index (χ0) is 6.57. The Kier molecular flexibility index (Phi) is 13.1. The van der Waals surface area contributed by atoms with Crippen LogP contribution in [0, 0.1) is 0 Å². The summed E-state index contributed by atoms with van der Waals surface area (Å²) in [6, 6.07) is 0. The summed E-state index contributed by atoms with van der Waals surface area (Å²) in [4.78, 5) is 8.56. The van der Waals surface area contributed by atoms with Crippen LogP contribution in [0.15, 0.2) is 0 Å². The van der Waals surface area contributed by atoms with E-state index in [0.29, 0.717) is 6.10 Å². The third-order valence-electron chi connectivity index (χ3n) is 0.500. The molecule has 0 radical (unpaired) electrons. The van der Waals surface area contributed by atoms with Crippen LogP contribution >= 0.6 is 0 Å². The fourth-order valence-corrected chi connectivity index (χ4v) is 0.0962. The lowest BCUT2D eigenvalue weighted by atomic mass is 10.6. The summed E-state index contributed by atoms with van der Waals surface area (Å²) in [6.45, 7) is 3.04. The Morgan fingerprint density at radius 3 is 1.60 bits per heavy atom. The van der Waals surface area contributed by atoms with Crippen molar-refractivity contribution in [2.45, 2.75) is 13.0 Å². The van der Waals surface area contributed by atoms with E-state index in [4.69, 9.17) is 19.7 Å². The molecule has 1 aliphatic rings. The van der Waals surface area contributed by atoms with E-state index in [1.165, 1.54) is 0 Å². The lowest BCUT2D eigenvalue weighted by molar-refractivity contribution is 0.137. The molecule has 0 aromatic heterocycles. The summed E-state index contributed by atoms with van der Waals surface area (Å²) < 4.78 is 4.71. The van der Waals surface area contributed by atoms with Crippen LogP contribution in [-0.4, -0.2) is 29.1 Å². The first kappa shape index (κ1) is 16.1. The summed E-state index contributed by atoms with van der Waals surface area (Å²) in [5.41, 5.74) is 0. The third kappa shape index (κ3) is 58.5. The largest absolute Gasteiger partial charge is 0.503 e. The molecule has 1 atom stereocenters. The van der Waals surface area contributed by atoms with E-state index in [1.807, 2.05) is 0 Å². The molecule has 0 aromatic carbocycles. The van der Waals surface area contributed by atoms with Crippen LogP contribution in [-0.2, 0) is 4.74 Å². The summed E-state index contributed by atoms with van der Waals surface area (Å²) in [5.74, 6) is 0. The Bertz CT molecular complexity index is 79.3. The molecule has 1 fully saturated rings. The van der Waals surface area contributed by atoms with Gasteiger partial charge in [-0.15, -0.1) is 0 Å². The van der Waals surface area contributed by atoms with Crippen LogP contribution in [0.1, 0.15) is 6.92 Å². The van der Waals surface area contributed by atoms with E-state index in [-0.39, 0.29) is 12.3 Å². The molecule has 1 unspecified atom stereocenters. The highest BCUT2D eigenvalue weighted by Crippen LogP contribution is 2.04. The lowest BCUT2D eigenvalue weighted by Gasteiger charge is -1.60. The predicted octanol–water partition coefficient (Wildman–Crippen LogP) is 0.952. The molecule has 1 rings (SSSR count). The van der Waals surface area contributed by atoms with Gasteiger partial charge in [0.05, 0.1) is 12.7 Å². The SMILES string of the molecule is CC1CO1.N.N.O=C(O)O. The number of hydrogen-bond acceptors (Lipinski definition) is 4. The molecule has 0 bridgehead atoms. The molecule has 0 amide bonds. The second kappa shape index (κ2) is 8.15. The molecule has 64 valence electrons. The second-order valence-electron chi connectivity index (χ2n) is 1.43. The minimum Gasteiger partial charge on any atom is -0.450 e. The van der Waals surface area contributed by atoms with Gasteiger partial charge < -0.3 is 27.3 Å². The fourth-order valence-electron chi connectivity index (χ4n) is 0.0962. The van der Waals surface area contributed by atoms with Crippen LogP contribution in [0.25, 0.3) is 0 Å². The van der Waals surface area contributed by atoms with E-state index in [0.717, 1.165) is 6.61 Å². The van der Waals surface area contributed by atoms with E-state index < -0.39 is 6.16 Å². The van der Waals surface area contributed by atoms with Crippen LogP contribution in [0.2, 0.25) is 0 Å². The van der Waals surface area contributed by atoms with E-state index >= 15 is 0 Å². The van der Waals surface area contributed by atoms with Crippen LogP contribution < -0.4 is 12.3 Å². The molecule has 1 aliphatic heterocycles. The number of carbonyl (C=O) groups is 1. The maximum Gasteiger partial charge on any atom is 0.503 e.